The molecule has 21 heavy (non-hydrogen) atoms. The SMILES string of the molecule is COC(=O)CCC1CC2(CO)O[C@@H](CCC#N)CCC2O1. The average Bonchev–Trinajstić information content (AvgIpc) is 2.88. The second-order valence-electron chi connectivity index (χ2n) is 5.80. The van der Waals surface area contributed by atoms with Crippen LogP contribution >= 0.6 is 0 Å². The van der Waals surface area contributed by atoms with Crippen molar-refractivity contribution in [3.05, 3.63) is 0 Å². The lowest BCUT2D eigenvalue weighted by atomic mass is 9.86. The summed E-state index contributed by atoms with van der Waals surface area (Å²) in [6.45, 7) is -0.0879. The Morgan fingerprint density at radius 3 is 2.90 bits per heavy atom. The smallest absolute Gasteiger partial charge is 0.305 e. The predicted octanol–water partition coefficient (Wildman–Crippen LogP) is 1.31. The molecule has 2 rings (SSSR count). The molecule has 0 saturated carbocycles. The number of fused-ring (bicyclic) bond motifs is 1. The van der Waals surface area contributed by atoms with E-state index < -0.39 is 5.60 Å². The molecule has 0 aliphatic carbocycles. The quantitative estimate of drug-likeness (QED) is 0.744. The standard InChI is InChI=1S/C15H23NO5/c1-19-14(18)7-5-12-9-15(10-17)13(20-12)6-4-11(21-15)3-2-8-16/h11-13,17H,2-7,9-10H2,1H3/t11-,12?,13?,15?/m0/s1. The van der Waals surface area contributed by atoms with E-state index in [0.717, 1.165) is 12.8 Å². The largest absolute Gasteiger partial charge is 0.469 e. The van der Waals surface area contributed by atoms with Crippen LogP contribution in [0.5, 0.6) is 0 Å². The first-order chi connectivity index (χ1) is 10.1. The Labute approximate surface area is 125 Å². The molecule has 0 bridgehead atoms. The molecule has 3 unspecified atom stereocenters. The molecule has 1 N–H and O–H groups in total. The summed E-state index contributed by atoms with van der Waals surface area (Å²) in [5, 5.41) is 18.4. The number of hydrogen-bond acceptors (Lipinski definition) is 6. The van der Waals surface area contributed by atoms with Gasteiger partial charge in [-0.2, -0.15) is 5.26 Å². The summed E-state index contributed by atoms with van der Waals surface area (Å²) in [7, 11) is 1.37. The van der Waals surface area contributed by atoms with Gasteiger partial charge in [-0.05, 0) is 25.7 Å². The van der Waals surface area contributed by atoms with Crippen LogP contribution in [0.25, 0.3) is 0 Å². The first kappa shape index (κ1) is 16.2. The van der Waals surface area contributed by atoms with E-state index in [2.05, 4.69) is 10.8 Å². The number of esters is 1. The molecule has 2 fully saturated rings. The molecule has 2 aliphatic rings. The lowest BCUT2D eigenvalue weighted by molar-refractivity contribution is -0.183. The third-order valence-corrected chi connectivity index (χ3v) is 4.41. The fraction of sp³-hybridized carbons (Fsp3) is 0.867. The summed E-state index contributed by atoms with van der Waals surface area (Å²) in [6, 6.07) is 2.13. The Kier molecular flexibility index (Phi) is 5.57. The molecule has 2 saturated heterocycles. The Balaban J connectivity index is 1.92. The number of carbonyl (C=O) groups excluding carboxylic acids is 1. The van der Waals surface area contributed by atoms with Crippen molar-refractivity contribution < 1.29 is 24.1 Å². The number of nitriles is 1. The predicted molar refractivity (Wildman–Crippen MR) is 73.3 cm³/mol. The maximum atomic E-state index is 11.2. The lowest BCUT2D eigenvalue weighted by Gasteiger charge is -2.40. The summed E-state index contributed by atoms with van der Waals surface area (Å²) in [5.74, 6) is -0.251. The van der Waals surface area contributed by atoms with E-state index in [1.807, 2.05) is 0 Å². The van der Waals surface area contributed by atoms with Gasteiger partial charge in [0.1, 0.15) is 5.60 Å². The minimum atomic E-state index is -0.668. The van der Waals surface area contributed by atoms with E-state index in [9.17, 15) is 9.90 Å². The van der Waals surface area contributed by atoms with Crippen LogP contribution in [0.1, 0.15) is 44.9 Å². The van der Waals surface area contributed by atoms with E-state index >= 15 is 0 Å². The zero-order chi connectivity index (χ0) is 15.3. The Morgan fingerprint density at radius 2 is 2.24 bits per heavy atom. The van der Waals surface area contributed by atoms with Crippen molar-refractivity contribution >= 4 is 5.97 Å². The number of carbonyl (C=O) groups is 1. The van der Waals surface area contributed by atoms with Gasteiger partial charge >= 0.3 is 5.97 Å². The van der Waals surface area contributed by atoms with Crippen molar-refractivity contribution in [2.45, 2.75) is 68.9 Å². The third-order valence-electron chi connectivity index (χ3n) is 4.41. The fourth-order valence-electron chi connectivity index (χ4n) is 3.29. The number of ether oxygens (including phenoxy) is 3. The van der Waals surface area contributed by atoms with Gasteiger partial charge in [-0.3, -0.25) is 4.79 Å². The van der Waals surface area contributed by atoms with Crippen LogP contribution in [-0.4, -0.2) is 48.7 Å². The second-order valence-corrected chi connectivity index (χ2v) is 5.80. The van der Waals surface area contributed by atoms with Crippen molar-refractivity contribution in [2.75, 3.05) is 13.7 Å². The summed E-state index contributed by atoms with van der Waals surface area (Å²) in [6.07, 6.45) is 4.11. The van der Waals surface area contributed by atoms with Crippen LogP contribution in [0.2, 0.25) is 0 Å². The molecule has 0 radical (unpaired) electrons. The minimum Gasteiger partial charge on any atom is -0.469 e. The van der Waals surface area contributed by atoms with Crippen molar-refractivity contribution in [3.8, 4) is 6.07 Å². The molecule has 6 nitrogen and oxygen atoms in total. The molecule has 4 atom stereocenters. The average molecular weight is 297 g/mol. The topological polar surface area (TPSA) is 88.8 Å². The van der Waals surface area contributed by atoms with Gasteiger partial charge in [0.05, 0.1) is 38.1 Å². The van der Waals surface area contributed by atoms with E-state index in [1.165, 1.54) is 7.11 Å². The highest BCUT2D eigenvalue weighted by Crippen LogP contribution is 2.43. The number of aliphatic hydroxyl groups excluding tert-OH is 1. The highest BCUT2D eigenvalue weighted by atomic mass is 16.6. The monoisotopic (exact) mass is 297 g/mol. The van der Waals surface area contributed by atoms with Crippen LogP contribution in [0.4, 0.5) is 0 Å². The molecule has 6 heteroatoms. The maximum Gasteiger partial charge on any atom is 0.305 e. The molecule has 0 aromatic heterocycles. The summed E-state index contributed by atoms with van der Waals surface area (Å²) < 4.78 is 16.7. The van der Waals surface area contributed by atoms with E-state index in [0.29, 0.717) is 32.1 Å². The molecule has 0 spiro atoms. The first-order valence-corrected chi connectivity index (χ1v) is 7.51. The summed E-state index contributed by atoms with van der Waals surface area (Å²) in [4.78, 5) is 11.2. The van der Waals surface area contributed by atoms with Gasteiger partial charge in [-0.1, -0.05) is 0 Å². The van der Waals surface area contributed by atoms with Gasteiger partial charge in [-0.25, -0.2) is 0 Å². The number of nitrogens with zero attached hydrogens (tertiary/aromatic N) is 1. The number of rotatable bonds is 6. The van der Waals surface area contributed by atoms with Gasteiger partial charge in [0.15, 0.2) is 0 Å². The van der Waals surface area contributed by atoms with E-state index in [4.69, 9.17) is 14.7 Å². The molecule has 2 heterocycles. The van der Waals surface area contributed by atoms with Crippen LogP contribution in [0.3, 0.4) is 0 Å². The van der Waals surface area contributed by atoms with Crippen molar-refractivity contribution in [1.29, 1.82) is 5.26 Å². The number of hydrogen-bond donors (Lipinski definition) is 1. The highest BCUT2D eigenvalue weighted by molar-refractivity contribution is 5.69. The Hall–Kier alpha value is -1.16. The minimum absolute atomic E-state index is 0.0102. The molecule has 0 aromatic carbocycles. The fourth-order valence-corrected chi connectivity index (χ4v) is 3.29. The van der Waals surface area contributed by atoms with Crippen molar-refractivity contribution in [3.63, 3.8) is 0 Å². The Morgan fingerprint density at radius 1 is 1.43 bits per heavy atom. The van der Waals surface area contributed by atoms with Gasteiger partial charge in [0, 0.05) is 19.3 Å². The summed E-state index contributed by atoms with van der Waals surface area (Å²) in [5.41, 5.74) is -0.668. The molecule has 118 valence electrons. The Bertz CT molecular complexity index is 407. The van der Waals surface area contributed by atoms with Gasteiger partial charge in [-0.15, -0.1) is 0 Å². The van der Waals surface area contributed by atoms with Crippen molar-refractivity contribution in [2.24, 2.45) is 0 Å². The molecular weight excluding hydrogens is 274 g/mol. The van der Waals surface area contributed by atoms with E-state index in [1.54, 1.807) is 0 Å². The molecule has 0 amide bonds. The number of methoxy groups -OCH3 is 1. The zero-order valence-electron chi connectivity index (χ0n) is 12.4. The number of aliphatic hydroxyl groups is 1. The highest BCUT2D eigenvalue weighted by Gasteiger charge is 2.52. The first-order valence-electron chi connectivity index (χ1n) is 7.51. The molecular formula is C15H23NO5. The second kappa shape index (κ2) is 7.21. The maximum absolute atomic E-state index is 11.2. The van der Waals surface area contributed by atoms with Crippen LogP contribution in [-0.2, 0) is 19.0 Å². The summed E-state index contributed by atoms with van der Waals surface area (Å²) >= 11 is 0. The molecule has 2 aliphatic heterocycles. The normalized spacial score (nSPS) is 35.0. The van der Waals surface area contributed by atoms with Crippen LogP contribution < -0.4 is 0 Å². The zero-order valence-corrected chi connectivity index (χ0v) is 12.4. The van der Waals surface area contributed by atoms with Gasteiger partial charge in [0.2, 0.25) is 0 Å². The van der Waals surface area contributed by atoms with Gasteiger partial charge < -0.3 is 19.3 Å². The van der Waals surface area contributed by atoms with Crippen LogP contribution in [0, 0.1) is 11.3 Å². The van der Waals surface area contributed by atoms with Crippen molar-refractivity contribution in [1.82, 2.24) is 0 Å². The van der Waals surface area contributed by atoms with E-state index in [-0.39, 0.29) is 30.9 Å². The van der Waals surface area contributed by atoms with Gasteiger partial charge in [0.25, 0.3) is 0 Å². The third kappa shape index (κ3) is 3.73. The molecule has 0 aromatic rings. The van der Waals surface area contributed by atoms with Crippen LogP contribution in [0.15, 0.2) is 0 Å². The lowest BCUT2D eigenvalue weighted by Crippen LogP contribution is -2.51.